The number of hydrogen-bond acceptors (Lipinski definition) is 5. The molecule has 110 valence electrons. The van der Waals surface area contributed by atoms with Crippen LogP contribution in [-0.2, 0) is 0 Å². The van der Waals surface area contributed by atoms with Gasteiger partial charge in [0.2, 0.25) is 0 Å². The van der Waals surface area contributed by atoms with Crippen LogP contribution in [0.5, 0.6) is 0 Å². The Labute approximate surface area is 122 Å². The molecule has 0 radical (unpaired) electrons. The highest BCUT2D eigenvalue weighted by Gasteiger charge is 2.24. The van der Waals surface area contributed by atoms with Crippen LogP contribution >= 0.6 is 0 Å². The largest absolute Gasteiger partial charge is 0.391 e. The lowest BCUT2D eigenvalue weighted by Gasteiger charge is -2.28. The number of nitrogens with zero attached hydrogens (tertiary/aromatic N) is 4. The van der Waals surface area contributed by atoms with E-state index in [1.165, 1.54) is 17.2 Å². The van der Waals surface area contributed by atoms with Gasteiger partial charge in [-0.1, -0.05) is 12.8 Å². The number of aliphatic hydroxyl groups excluding tert-OH is 1. The second-order valence-electron chi connectivity index (χ2n) is 5.18. The Bertz CT molecular complexity index is 596. The standard InChI is InChI=1S/C14H17N5O2/c20-12-4-2-1-3-11(12)18-14(21)10-5-6-13(16-7-10)19-9-15-8-17-19/h5-9,11-12,20H,1-4H2,(H,18,21). The number of aromatic nitrogens is 4. The Morgan fingerprint density at radius 3 is 2.86 bits per heavy atom. The van der Waals surface area contributed by atoms with E-state index in [2.05, 4.69) is 20.4 Å². The molecular weight excluding hydrogens is 270 g/mol. The van der Waals surface area contributed by atoms with E-state index in [-0.39, 0.29) is 11.9 Å². The molecule has 1 aliphatic carbocycles. The van der Waals surface area contributed by atoms with Crippen molar-refractivity contribution in [1.82, 2.24) is 25.1 Å². The third-order valence-electron chi connectivity index (χ3n) is 3.71. The van der Waals surface area contributed by atoms with Crippen molar-refractivity contribution >= 4 is 5.91 Å². The Balaban J connectivity index is 1.67. The van der Waals surface area contributed by atoms with Gasteiger partial charge < -0.3 is 10.4 Å². The first-order valence-electron chi connectivity index (χ1n) is 7.04. The summed E-state index contributed by atoms with van der Waals surface area (Å²) in [6.45, 7) is 0. The Hall–Kier alpha value is -2.28. The van der Waals surface area contributed by atoms with Crippen molar-refractivity contribution < 1.29 is 9.90 Å². The lowest BCUT2D eigenvalue weighted by molar-refractivity contribution is 0.0717. The number of carbonyl (C=O) groups excluding carboxylic acids is 1. The van der Waals surface area contributed by atoms with E-state index in [0.29, 0.717) is 11.4 Å². The van der Waals surface area contributed by atoms with E-state index in [9.17, 15) is 9.90 Å². The molecule has 1 aliphatic rings. The maximum absolute atomic E-state index is 12.2. The minimum Gasteiger partial charge on any atom is -0.391 e. The van der Waals surface area contributed by atoms with E-state index < -0.39 is 6.10 Å². The summed E-state index contributed by atoms with van der Waals surface area (Å²) in [4.78, 5) is 20.2. The van der Waals surface area contributed by atoms with Gasteiger partial charge in [0.1, 0.15) is 12.7 Å². The second-order valence-corrected chi connectivity index (χ2v) is 5.18. The lowest BCUT2D eigenvalue weighted by atomic mass is 9.92. The number of carbonyl (C=O) groups is 1. The fourth-order valence-electron chi connectivity index (χ4n) is 2.51. The number of aliphatic hydroxyl groups is 1. The molecule has 1 saturated carbocycles. The average molecular weight is 287 g/mol. The molecule has 0 aromatic carbocycles. The summed E-state index contributed by atoms with van der Waals surface area (Å²) in [6.07, 6.45) is 7.62. The molecule has 1 fully saturated rings. The zero-order valence-electron chi connectivity index (χ0n) is 11.5. The van der Waals surface area contributed by atoms with E-state index in [0.717, 1.165) is 25.7 Å². The van der Waals surface area contributed by atoms with Crippen molar-refractivity contribution in [1.29, 1.82) is 0 Å². The van der Waals surface area contributed by atoms with Gasteiger partial charge in [0, 0.05) is 6.20 Å². The minimum absolute atomic E-state index is 0.166. The lowest BCUT2D eigenvalue weighted by Crippen LogP contribution is -2.45. The van der Waals surface area contributed by atoms with Crippen LogP contribution < -0.4 is 5.32 Å². The maximum Gasteiger partial charge on any atom is 0.253 e. The van der Waals surface area contributed by atoms with Crippen LogP contribution in [0.4, 0.5) is 0 Å². The van der Waals surface area contributed by atoms with E-state index in [1.807, 2.05) is 0 Å². The molecule has 21 heavy (non-hydrogen) atoms. The minimum atomic E-state index is -0.454. The van der Waals surface area contributed by atoms with Gasteiger partial charge in [-0.25, -0.2) is 14.6 Å². The SMILES string of the molecule is O=C(NC1CCCCC1O)c1ccc(-n2cncn2)nc1. The molecular formula is C14H17N5O2. The molecule has 1 amide bonds. The predicted octanol–water partition coefficient (Wildman–Crippen LogP) is 0.696. The second kappa shape index (κ2) is 6.01. The van der Waals surface area contributed by atoms with Gasteiger partial charge in [0.25, 0.3) is 5.91 Å². The predicted molar refractivity (Wildman–Crippen MR) is 74.9 cm³/mol. The van der Waals surface area contributed by atoms with Gasteiger partial charge in [-0.3, -0.25) is 4.79 Å². The molecule has 2 aromatic heterocycles. The molecule has 0 aliphatic heterocycles. The molecule has 2 unspecified atom stereocenters. The van der Waals surface area contributed by atoms with Crippen LogP contribution in [0.15, 0.2) is 31.0 Å². The number of hydrogen-bond donors (Lipinski definition) is 2. The van der Waals surface area contributed by atoms with E-state index in [1.54, 1.807) is 18.5 Å². The van der Waals surface area contributed by atoms with Gasteiger partial charge in [-0.2, -0.15) is 5.10 Å². The number of amides is 1. The maximum atomic E-state index is 12.2. The Morgan fingerprint density at radius 1 is 1.33 bits per heavy atom. The number of nitrogens with one attached hydrogen (secondary N) is 1. The van der Waals surface area contributed by atoms with Gasteiger partial charge in [0.15, 0.2) is 5.82 Å². The molecule has 2 aromatic rings. The highest BCUT2D eigenvalue weighted by molar-refractivity contribution is 5.94. The monoisotopic (exact) mass is 287 g/mol. The fourth-order valence-corrected chi connectivity index (χ4v) is 2.51. The van der Waals surface area contributed by atoms with Gasteiger partial charge >= 0.3 is 0 Å². The topological polar surface area (TPSA) is 92.9 Å². The first-order chi connectivity index (χ1) is 10.2. The average Bonchev–Trinajstić information content (AvgIpc) is 3.04. The molecule has 0 saturated heterocycles. The summed E-state index contributed by atoms with van der Waals surface area (Å²) < 4.78 is 1.52. The smallest absolute Gasteiger partial charge is 0.253 e. The highest BCUT2D eigenvalue weighted by atomic mass is 16.3. The Morgan fingerprint density at radius 2 is 2.19 bits per heavy atom. The Kier molecular flexibility index (Phi) is 3.92. The first-order valence-corrected chi connectivity index (χ1v) is 7.04. The normalized spacial score (nSPS) is 22.0. The third-order valence-corrected chi connectivity index (χ3v) is 3.71. The summed E-state index contributed by atoms with van der Waals surface area (Å²) in [5, 5.41) is 16.7. The summed E-state index contributed by atoms with van der Waals surface area (Å²) in [5.41, 5.74) is 0.469. The van der Waals surface area contributed by atoms with Crippen LogP contribution in [-0.4, -0.2) is 42.9 Å². The summed E-state index contributed by atoms with van der Waals surface area (Å²) >= 11 is 0. The molecule has 0 bridgehead atoms. The fraction of sp³-hybridized carbons (Fsp3) is 0.429. The third kappa shape index (κ3) is 3.08. The van der Waals surface area contributed by atoms with Crippen molar-refractivity contribution in [2.75, 3.05) is 0 Å². The zero-order valence-corrected chi connectivity index (χ0v) is 11.5. The first kappa shape index (κ1) is 13.7. The van der Waals surface area contributed by atoms with Crippen LogP contribution in [0.3, 0.4) is 0 Å². The molecule has 7 heteroatoms. The number of pyridine rings is 1. The molecule has 0 spiro atoms. The van der Waals surface area contributed by atoms with Crippen LogP contribution in [0.25, 0.3) is 5.82 Å². The number of rotatable bonds is 3. The van der Waals surface area contributed by atoms with Crippen molar-refractivity contribution in [3.05, 3.63) is 36.5 Å². The van der Waals surface area contributed by atoms with Crippen molar-refractivity contribution in [2.45, 2.75) is 37.8 Å². The molecule has 2 heterocycles. The summed E-state index contributed by atoms with van der Waals surface area (Å²) in [7, 11) is 0. The van der Waals surface area contributed by atoms with Crippen molar-refractivity contribution in [3.63, 3.8) is 0 Å². The van der Waals surface area contributed by atoms with Crippen LogP contribution in [0, 0.1) is 0 Å². The highest BCUT2D eigenvalue weighted by Crippen LogP contribution is 2.18. The summed E-state index contributed by atoms with van der Waals surface area (Å²) in [6, 6.07) is 3.23. The van der Waals surface area contributed by atoms with E-state index >= 15 is 0 Å². The van der Waals surface area contributed by atoms with Crippen LogP contribution in [0.2, 0.25) is 0 Å². The molecule has 7 nitrogen and oxygen atoms in total. The van der Waals surface area contributed by atoms with Gasteiger partial charge in [0.05, 0.1) is 17.7 Å². The van der Waals surface area contributed by atoms with Crippen molar-refractivity contribution in [2.24, 2.45) is 0 Å². The molecule has 2 atom stereocenters. The van der Waals surface area contributed by atoms with E-state index in [4.69, 9.17) is 0 Å². The van der Waals surface area contributed by atoms with Gasteiger partial charge in [-0.15, -0.1) is 0 Å². The molecule has 3 rings (SSSR count). The van der Waals surface area contributed by atoms with Crippen molar-refractivity contribution in [3.8, 4) is 5.82 Å². The zero-order chi connectivity index (χ0) is 14.7. The quantitative estimate of drug-likeness (QED) is 0.866. The molecule has 2 N–H and O–H groups in total. The van der Waals surface area contributed by atoms with Crippen LogP contribution in [0.1, 0.15) is 36.0 Å². The van der Waals surface area contributed by atoms with Gasteiger partial charge in [-0.05, 0) is 25.0 Å². The summed E-state index contributed by atoms with van der Waals surface area (Å²) in [5.74, 6) is 0.389.